The Kier molecular flexibility index (Phi) is 3.27. The van der Waals surface area contributed by atoms with Crippen molar-refractivity contribution in [3.05, 3.63) is 59.2 Å². The fourth-order valence-corrected chi connectivity index (χ4v) is 4.46. The summed E-state index contributed by atoms with van der Waals surface area (Å²) in [5, 5.41) is 5.62. The van der Waals surface area contributed by atoms with Gasteiger partial charge in [-0.1, -0.05) is 49.4 Å². The van der Waals surface area contributed by atoms with Crippen molar-refractivity contribution in [2.45, 2.75) is 31.1 Å². The predicted molar refractivity (Wildman–Crippen MR) is 100 cm³/mol. The fourth-order valence-electron chi connectivity index (χ4n) is 3.82. The lowest BCUT2D eigenvalue weighted by atomic mass is 9.81. The van der Waals surface area contributed by atoms with Crippen molar-refractivity contribution in [2.75, 3.05) is 6.26 Å². The summed E-state index contributed by atoms with van der Waals surface area (Å²) in [5.74, 6) is 0.596. The van der Waals surface area contributed by atoms with E-state index in [1.807, 2.05) is 11.8 Å². The van der Waals surface area contributed by atoms with Gasteiger partial charge in [0.15, 0.2) is 0 Å². The molecule has 0 radical (unpaired) electrons. The molecule has 0 aliphatic heterocycles. The van der Waals surface area contributed by atoms with Gasteiger partial charge in [-0.3, -0.25) is 0 Å². The predicted octanol–water partition coefficient (Wildman–Crippen LogP) is 6.54. The van der Waals surface area contributed by atoms with Crippen LogP contribution < -0.4 is 0 Å². The van der Waals surface area contributed by atoms with Crippen LogP contribution in [0.4, 0.5) is 0 Å². The van der Waals surface area contributed by atoms with Gasteiger partial charge in [-0.05, 0) is 69.8 Å². The van der Waals surface area contributed by atoms with Crippen LogP contribution in [0.5, 0.6) is 0 Å². The average molecular weight is 304 g/mol. The Morgan fingerprint density at radius 2 is 1.77 bits per heavy atom. The van der Waals surface area contributed by atoms with Gasteiger partial charge in [-0.25, -0.2) is 0 Å². The van der Waals surface area contributed by atoms with Gasteiger partial charge in [0.25, 0.3) is 0 Å². The van der Waals surface area contributed by atoms with Crippen LogP contribution in [0, 0.1) is 6.92 Å². The molecule has 3 aromatic carbocycles. The number of thioether (sulfide) groups is 1. The Balaban J connectivity index is 2.25. The standard InChI is InChI=1S/C21H20S/c1-13-7-6-10-15-14(2)11-18-16-8-4-5-9-17(16)20(22-3)12-19(18)21(13)15/h4-6,8-13H,7H2,1-3H3. The van der Waals surface area contributed by atoms with E-state index in [0.29, 0.717) is 5.92 Å². The summed E-state index contributed by atoms with van der Waals surface area (Å²) < 4.78 is 0. The maximum atomic E-state index is 2.41. The van der Waals surface area contributed by atoms with E-state index in [0.717, 1.165) is 6.42 Å². The van der Waals surface area contributed by atoms with Crippen molar-refractivity contribution in [2.24, 2.45) is 0 Å². The minimum atomic E-state index is 0.596. The van der Waals surface area contributed by atoms with Gasteiger partial charge in [-0.2, -0.15) is 0 Å². The molecule has 0 aromatic heterocycles. The maximum absolute atomic E-state index is 2.41. The first kappa shape index (κ1) is 13.9. The normalized spacial score (nSPS) is 17.1. The van der Waals surface area contributed by atoms with Gasteiger partial charge in [0.05, 0.1) is 0 Å². The second-order valence-corrected chi connectivity index (χ2v) is 7.13. The summed E-state index contributed by atoms with van der Waals surface area (Å²) in [6.45, 7) is 4.60. The number of rotatable bonds is 1. The zero-order valence-corrected chi connectivity index (χ0v) is 14.1. The van der Waals surface area contributed by atoms with Crippen LogP contribution in [0.15, 0.2) is 47.4 Å². The lowest BCUT2D eigenvalue weighted by molar-refractivity contribution is 0.778. The fraction of sp³-hybridized carbons (Fsp3) is 0.238. The molecule has 0 saturated carbocycles. The van der Waals surface area contributed by atoms with E-state index in [1.54, 1.807) is 5.56 Å². The molecule has 3 aromatic rings. The van der Waals surface area contributed by atoms with Crippen LogP contribution in [0.2, 0.25) is 0 Å². The molecule has 1 aliphatic carbocycles. The van der Waals surface area contributed by atoms with Crippen LogP contribution in [-0.2, 0) is 0 Å². The van der Waals surface area contributed by atoms with E-state index in [-0.39, 0.29) is 0 Å². The molecule has 110 valence electrons. The number of hydrogen-bond acceptors (Lipinski definition) is 1. The molecule has 0 saturated heterocycles. The van der Waals surface area contributed by atoms with Crippen molar-refractivity contribution in [1.82, 2.24) is 0 Å². The Morgan fingerprint density at radius 1 is 1.00 bits per heavy atom. The third kappa shape index (κ3) is 1.92. The Hall–Kier alpha value is -1.73. The number of hydrogen-bond donors (Lipinski definition) is 0. The summed E-state index contributed by atoms with van der Waals surface area (Å²) >= 11 is 1.85. The Morgan fingerprint density at radius 3 is 2.55 bits per heavy atom. The van der Waals surface area contributed by atoms with Crippen molar-refractivity contribution in [3.8, 4) is 0 Å². The van der Waals surface area contributed by atoms with Crippen LogP contribution in [0.1, 0.15) is 36.0 Å². The molecule has 1 aliphatic rings. The van der Waals surface area contributed by atoms with E-state index >= 15 is 0 Å². The topological polar surface area (TPSA) is 0 Å². The maximum Gasteiger partial charge on any atom is 0.0154 e. The van der Waals surface area contributed by atoms with Crippen molar-refractivity contribution >= 4 is 39.4 Å². The minimum Gasteiger partial charge on any atom is -0.129 e. The highest BCUT2D eigenvalue weighted by atomic mass is 32.2. The third-order valence-corrected chi connectivity index (χ3v) is 5.68. The quantitative estimate of drug-likeness (QED) is 0.363. The molecule has 1 heteroatoms. The lowest BCUT2D eigenvalue weighted by Crippen LogP contribution is -2.03. The monoisotopic (exact) mass is 304 g/mol. The molecule has 0 nitrogen and oxygen atoms in total. The first-order valence-electron chi connectivity index (χ1n) is 7.90. The second kappa shape index (κ2) is 5.17. The van der Waals surface area contributed by atoms with E-state index in [4.69, 9.17) is 0 Å². The number of benzene rings is 3. The SMILES string of the molecule is CSc1cc2c3c(c(C)cc2c2ccccc12)C=CCC3C. The summed E-state index contributed by atoms with van der Waals surface area (Å²) in [5.41, 5.74) is 4.37. The smallest absolute Gasteiger partial charge is 0.0154 e. The first-order valence-corrected chi connectivity index (χ1v) is 9.12. The van der Waals surface area contributed by atoms with E-state index in [1.165, 1.54) is 37.6 Å². The Bertz CT molecular complexity index is 918. The van der Waals surface area contributed by atoms with E-state index in [2.05, 4.69) is 68.7 Å². The van der Waals surface area contributed by atoms with E-state index < -0.39 is 0 Å². The summed E-state index contributed by atoms with van der Waals surface area (Å²) in [6, 6.07) is 13.6. The molecular formula is C21H20S. The van der Waals surface area contributed by atoms with Gasteiger partial charge in [-0.15, -0.1) is 11.8 Å². The van der Waals surface area contributed by atoms with Crippen LogP contribution in [0.25, 0.3) is 27.6 Å². The summed E-state index contributed by atoms with van der Waals surface area (Å²) in [4.78, 5) is 1.39. The number of allylic oxidation sites excluding steroid dienone is 1. The highest BCUT2D eigenvalue weighted by Crippen LogP contribution is 2.42. The molecule has 0 amide bonds. The van der Waals surface area contributed by atoms with E-state index in [9.17, 15) is 0 Å². The van der Waals surface area contributed by atoms with Crippen LogP contribution in [0.3, 0.4) is 0 Å². The van der Waals surface area contributed by atoms with Crippen LogP contribution in [-0.4, -0.2) is 6.26 Å². The molecule has 22 heavy (non-hydrogen) atoms. The molecular weight excluding hydrogens is 284 g/mol. The third-order valence-electron chi connectivity index (χ3n) is 4.90. The van der Waals surface area contributed by atoms with Gasteiger partial charge in [0.1, 0.15) is 0 Å². The number of fused-ring (bicyclic) bond motifs is 5. The Labute approximate surface area is 136 Å². The zero-order valence-electron chi connectivity index (χ0n) is 13.3. The van der Waals surface area contributed by atoms with Crippen molar-refractivity contribution in [1.29, 1.82) is 0 Å². The molecule has 0 bridgehead atoms. The molecule has 0 spiro atoms. The minimum absolute atomic E-state index is 0.596. The van der Waals surface area contributed by atoms with Gasteiger partial charge in [0.2, 0.25) is 0 Å². The molecule has 0 fully saturated rings. The van der Waals surface area contributed by atoms with Gasteiger partial charge in [0, 0.05) is 4.90 Å². The van der Waals surface area contributed by atoms with Crippen LogP contribution >= 0.6 is 11.8 Å². The van der Waals surface area contributed by atoms with Crippen molar-refractivity contribution in [3.63, 3.8) is 0 Å². The van der Waals surface area contributed by atoms with Crippen molar-refractivity contribution < 1.29 is 0 Å². The summed E-state index contributed by atoms with van der Waals surface area (Å²) in [7, 11) is 0. The van der Waals surface area contributed by atoms with Gasteiger partial charge >= 0.3 is 0 Å². The zero-order chi connectivity index (χ0) is 15.3. The molecule has 1 atom stereocenters. The first-order chi connectivity index (χ1) is 10.7. The lowest BCUT2D eigenvalue weighted by Gasteiger charge is -2.23. The molecule has 0 heterocycles. The molecule has 0 N–H and O–H groups in total. The molecule has 4 rings (SSSR count). The second-order valence-electron chi connectivity index (χ2n) is 6.28. The van der Waals surface area contributed by atoms with Gasteiger partial charge < -0.3 is 0 Å². The summed E-state index contributed by atoms with van der Waals surface area (Å²) in [6.07, 6.45) is 7.96. The highest BCUT2D eigenvalue weighted by molar-refractivity contribution is 7.98. The number of aryl methyl sites for hydroxylation is 1. The molecule has 1 unspecified atom stereocenters. The largest absolute Gasteiger partial charge is 0.129 e. The average Bonchev–Trinajstić information content (AvgIpc) is 2.55. The highest BCUT2D eigenvalue weighted by Gasteiger charge is 2.19.